The molecule has 14 heavy (non-hydrogen) atoms. The van der Waals surface area contributed by atoms with E-state index in [1.165, 1.54) is 19.3 Å². The van der Waals surface area contributed by atoms with Gasteiger partial charge in [0.25, 0.3) is 0 Å². The van der Waals surface area contributed by atoms with Crippen LogP contribution >= 0.6 is 0 Å². The second-order valence-electron chi connectivity index (χ2n) is 4.53. The fraction of sp³-hybridized carbons (Fsp3) is 1.00. The predicted octanol–water partition coefficient (Wildman–Crippen LogP) is 1.22. The third-order valence-electron chi connectivity index (χ3n) is 3.53. The molecular formula is C11H24N2O. The van der Waals surface area contributed by atoms with E-state index in [1.54, 1.807) is 0 Å². The normalized spacial score (nSPS) is 22.1. The number of rotatable bonds is 6. The van der Waals surface area contributed by atoms with Gasteiger partial charge < -0.3 is 10.5 Å². The first kappa shape index (κ1) is 12.0. The molecule has 1 saturated carbocycles. The maximum atomic E-state index is 5.84. The summed E-state index contributed by atoms with van der Waals surface area (Å²) in [5, 5.41) is 0. The molecule has 0 heterocycles. The third kappa shape index (κ3) is 2.47. The molecule has 0 aromatic heterocycles. The van der Waals surface area contributed by atoms with Gasteiger partial charge in [-0.3, -0.25) is 4.90 Å². The van der Waals surface area contributed by atoms with E-state index in [1.807, 2.05) is 6.92 Å². The zero-order valence-corrected chi connectivity index (χ0v) is 9.75. The number of likely N-dealkylation sites (N-methyl/N-ethyl adjacent to an activating group) is 1. The highest BCUT2D eigenvalue weighted by molar-refractivity contribution is 4.92. The molecule has 1 unspecified atom stereocenters. The summed E-state index contributed by atoms with van der Waals surface area (Å²) in [6.07, 6.45) is 4.00. The third-order valence-corrected chi connectivity index (χ3v) is 3.53. The second kappa shape index (κ2) is 5.10. The number of hydrogen-bond acceptors (Lipinski definition) is 3. The largest absolute Gasteiger partial charge is 0.380 e. The first-order valence-electron chi connectivity index (χ1n) is 5.65. The van der Waals surface area contributed by atoms with E-state index in [0.717, 1.165) is 19.3 Å². The molecule has 0 amide bonds. The van der Waals surface area contributed by atoms with E-state index in [-0.39, 0.29) is 5.54 Å². The Labute approximate surface area is 87.6 Å². The molecule has 84 valence electrons. The molecule has 0 aromatic carbocycles. The van der Waals surface area contributed by atoms with Crippen LogP contribution in [0.25, 0.3) is 0 Å². The van der Waals surface area contributed by atoms with E-state index in [9.17, 15) is 0 Å². The Bertz CT molecular complexity index is 171. The Balaban J connectivity index is 2.47. The molecular weight excluding hydrogens is 176 g/mol. The van der Waals surface area contributed by atoms with E-state index < -0.39 is 0 Å². The summed E-state index contributed by atoms with van der Waals surface area (Å²) < 4.78 is 5.51. The number of nitrogens with zero attached hydrogens (tertiary/aromatic N) is 1. The van der Waals surface area contributed by atoms with Gasteiger partial charge in [0.05, 0.1) is 12.1 Å². The Kier molecular flexibility index (Phi) is 4.35. The van der Waals surface area contributed by atoms with Crippen molar-refractivity contribution in [2.75, 3.05) is 26.8 Å². The lowest BCUT2D eigenvalue weighted by atomic mass is 9.87. The molecule has 3 heteroatoms. The Hall–Kier alpha value is -0.120. The quantitative estimate of drug-likeness (QED) is 0.701. The molecule has 1 aliphatic carbocycles. The first-order chi connectivity index (χ1) is 6.64. The average Bonchev–Trinajstić information content (AvgIpc) is 2.11. The smallest absolute Gasteiger partial charge is 0.0659 e. The predicted molar refractivity (Wildman–Crippen MR) is 59.4 cm³/mol. The molecule has 1 fully saturated rings. The van der Waals surface area contributed by atoms with Gasteiger partial charge in [-0.1, -0.05) is 6.42 Å². The molecule has 1 atom stereocenters. The van der Waals surface area contributed by atoms with Gasteiger partial charge in [0.15, 0.2) is 0 Å². The van der Waals surface area contributed by atoms with E-state index in [4.69, 9.17) is 10.5 Å². The van der Waals surface area contributed by atoms with E-state index in [2.05, 4.69) is 18.9 Å². The van der Waals surface area contributed by atoms with Crippen LogP contribution in [0.5, 0.6) is 0 Å². The van der Waals surface area contributed by atoms with Crippen LogP contribution in [0.3, 0.4) is 0 Å². The molecule has 0 aliphatic heterocycles. The van der Waals surface area contributed by atoms with Gasteiger partial charge >= 0.3 is 0 Å². The first-order valence-corrected chi connectivity index (χ1v) is 5.65. The van der Waals surface area contributed by atoms with Crippen LogP contribution in [0.15, 0.2) is 0 Å². The minimum atomic E-state index is 0.0150. The summed E-state index contributed by atoms with van der Waals surface area (Å²) >= 11 is 0. The minimum Gasteiger partial charge on any atom is -0.380 e. The highest BCUT2D eigenvalue weighted by Gasteiger charge is 2.35. The summed E-state index contributed by atoms with van der Waals surface area (Å²) in [7, 11) is 2.18. The molecule has 2 N–H and O–H groups in total. The maximum absolute atomic E-state index is 5.84. The van der Waals surface area contributed by atoms with E-state index in [0.29, 0.717) is 6.54 Å². The van der Waals surface area contributed by atoms with E-state index >= 15 is 0 Å². The maximum Gasteiger partial charge on any atom is 0.0659 e. The van der Waals surface area contributed by atoms with Crippen molar-refractivity contribution < 1.29 is 4.74 Å². The van der Waals surface area contributed by atoms with Crippen molar-refractivity contribution in [3.63, 3.8) is 0 Å². The molecule has 0 spiro atoms. The lowest BCUT2D eigenvalue weighted by Gasteiger charge is -2.46. The standard InChI is InChI=1S/C11H24N2O/c1-4-14-9-11(2,8-12)13(3)10-6-5-7-10/h10H,4-9,12H2,1-3H3. The van der Waals surface area contributed by atoms with Gasteiger partial charge in [0.2, 0.25) is 0 Å². The molecule has 0 aromatic rings. The summed E-state index contributed by atoms with van der Waals surface area (Å²) in [6.45, 7) is 6.41. The number of hydrogen-bond donors (Lipinski definition) is 1. The van der Waals surface area contributed by atoms with Crippen molar-refractivity contribution in [1.82, 2.24) is 4.90 Å². The van der Waals surface area contributed by atoms with Crippen molar-refractivity contribution >= 4 is 0 Å². The van der Waals surface area contributed by atoms with Crippen LogP contribution in [0.1, 0.15) is 33.1 Å². The Morgan fingerprint density at radius 3 is 2.50 bits per heavy atom. The minimum absolute atomic E-state index is 0.0150. The van der Waals surface area contributed by atoms with Gasteiger partial charge in [-0.05, 0) is 33.7 Å². The monoisotopic (exact) mass is 200 g/mol. The van der Waals surface area contributed by atoms with Crippen LogP contribution in [-0.4, -0.2) is 43.3 Å². The molecule has 1 rings (SSSR count). The van der Waals surface area contributed by atoms with Crippen molar-refractivity contribution in [3.8, 4) is 0 Å². The number of nitrogens with two attached hydrogens (primary N) is 1. The highest BCUT2D eigenvalue weighted by Crippen LogP contribution is 2.28. The van der Waals surface area contributed by atoms with Crippen LogP contribution in [-0.2, 0) is 4.74 Å². The van der Waals surface area contributed by atoms with Crippen LogP contribution in [0.2, 0.25) is 0 Å². The van der Waals surface area contributed by atoms with Crippen LogP contribution in [0, 0.1) is 0 Å². The molecule has 0 bridgehead atoms. The van der Waals surface area contributed by atoms with Crippen LogP contribution < -0.4 is 5.73 Å². The lowest BCUT2D eigenvalue weighted by molar-refractivity contribution is -0.0161. The van der Waals surface area contributed by atoms with Gasteiger partial charge in [0.1, 0.15) is 0 Å². The fourth-order valence-corrected chi connectivity index (χ4v) is 1.84. The van der Waals surface area contributed by atoms with Crippen molar-refractivity contribution in [2.24, 2.45) is 5.73 Å². The second-order valence-corrected chi connectivity index (χ2v) is 4.53. The fourth-order valence-electron chi connectivity index (χ4n) is 1.84. The topological polar surface area (TPSA) is 38.5 Å². The van der Waals surface area contributed by atoms with Crippen molar-refractivity contribution in [3.05, 3.63) is 0 Å². The molecule has 0 radical (unpaired) electrons. The highest BCUT2D eigenvalue weighted by atomic mass is 16.5. The van der Waals surface area contributed by atoms with Gasteiger partial charge in [0, 0.05) is 19.2 Å². The zero-order valence-electron chi connectivity index (χ0n) is 9.75. The van der Waals surface area contributed by atoms with Crippen LogP contribution in [0.4, 0.5) is 0 Å². The zero-order chi connectivity index (χ0) is 10.6. The van der Waals surface area contributed by atoms with Crippen molar-refractivity contribution in [2.45, 2.75) is 44.7 Å². The Morgan fingerprint density at radius 2 is 2.14 bits per heavy atom. The molecule has 1 aliphatic rings. The summed E-state index contributed by atoms with van der Waals surface area (Å²) in [6, 6.07) is 0.726. The van der Waals surface area contributed by atoms with Crippen molar-refractivity contribution in [1.29, 1.82) is 0 Å². The Morgan fingerprint density at radius 1 is 1.50 bits per heavy atom. The average molecular weight is 200 g/mol. The molecule has 0 saturated heterocycles. The van der Waals surface area contributed by atoms with Gasteiger partial charge in [-0.2, -0.15) is 0 Å². The summed E-state index contributed by atoms with van der Waals surface area (Å²) in [5.74, 6) is 0. The number of ether oxygens (including phenoxy) is 1. The lowest BCUT2D eigenvalue weighted by Crippen LogP contribution is -2.58. The van der Waals surface area contributed by atoms with Gasteiger partial charge in [-0.25, -0.2) is 0 Å². The van der Waals surface area contributed by atoms with Gasteiger partial charge in [-0.15, -0.1) is 0 Å². The SMILES string of the molecule is CCOCC(C)(CN)N(C)C1CCC1. The summed E-state index contributed by atoms with van der Waals surface area (Å²) in [5.41, 5.74) is 5.86. The summed E-state index contributed by atoms with van der Waals surface area (Å²) in [4.78, 5) is 2.41. The molecule has 3 nitrogen and oxygen atoms in total.